The van der Waals surface area contributed by atoms with Crippen LogP contribution in [0.3, 0.4) is 0 Å². The Morgan fingerprint density at radius 1 is 0.972 bits per heavy atom. The molecule has 0 aliphatic heterocycles. The van der Waals surface area contributed by atoms with Crippen LogP contribution in [-0.2, 0) is 26.2 Å². The smallest absolute Gasteiger partial charge is 0.244 e. The van der Waals surface area contributed by atoms with Gasteiger partial charge >= 0.3 is 0 Å². The molecule has 0 unspecified atom stereocenters. The molecule has 36 heavy (non-hydrogen) atoms. The molecular weight excluding hydrogens is 568 g/mol. The van der Waals surface area contributed by atoms with Crippen LogP contribution in [0.1, 0.15) is 32.8 Å². The second-order valence-corrected chi connectivity index (χ2v) is 12.3. The van der Waals surface area contributed by atoms with E-state index in [2.05, 4.69) is 5.32 Å². The summed E-state index contributed by atoms with van der Waals surface area (Å²) < 4.78 is 26.2. The van der Waals surface area contributed by atoms with Gasteiger partial charge in [-0.3, -0.25) is 13.9 Å². The van der Waals surface area contributed by atoms with Gasteiger partial charge in [-0.2, -0.15) is 0 Å². The highest BCUT2D eigenvalue weighted by Gasteiger charge is 2.32. The zero-order valence-corrected chi connectivity index (χ0v) is 24.2. The summed E-state index contributed by atoms with van der Waals surface area (Å²) in [5, 5.41) is 4.02. The molecule has 7 nitrogen and oxygen atoms in total. The van der Waals surface area contributed by atoms with Crippen LogP contribution in [0.4, 0.5) is 5.69 Å². The van der Waals surface area contributed by atoms with E-state index in [4.69, 9.17) is 46.4 Å². The lowest BCUT2D eigenvalue weighted by Crippen LogP contribution is -2.52. The highest BCUT2D eigenvalue weighted by Crippen LogP contribution is 2.28. The molecule has 2 aromatic rings. The summed E-state index contributed by atoms with van der Waals surface area (Å²) in [6.07, 6.45) is 1.27. The van der Waals surface area contributed by atoms with Crippen LogP contribution < -0.4 is 9.62 Å². The van der Waals surface area contributed by atoms with Gasteiger partial charge in [0.25, 0.3) is 0 Å². The van der Waals surface area contributed by atoms with Crippen LogP contribution in [-0.4, -0.2) is 50.5 Å². The first-order valence-corrected chi connectivity index (χ1v) is 14.5. The zero-order chi connectivity index (χ0) is 27.2. The molecule has 0 aliphatic carbocycles. The molecule has 0 spiro atoms. The molecule has 2 rings (SSSR count). The fourth-order valence-electron chi connectivity index (χ4n) is 3.47. The summed E-state index contributed by atoms with van der Waals surface area (Å²) in [4.78, 5) is 28.1. The van der Waals surface area contributed by atoms with Gasteiger partial charge in [-0.25, -0.2) is 8.42 Å². The third-order valence-corrected chi connectivity index (χ3v) is 7.40. The third kappa shape index (κ3) is 8.70. The molecule has 0 saturated carbocycles. The van der Waals surface area contributed by atoms with Gasteiger partial charge in [0.05, 0.1) is 11.9 Å². The fourth-order valence-corrected chi connectivity index (χ4v) is 5.29. The first kappa shape index (κ1) is 30.5. The van der Waals surface area contributed by atoms with Crippen molar-refractivity contribution in [1.29, 1.82) is 0 Å². The summed E-state index contributed by atoms with van der Waals surface area (Å²) >= 11 is 24.5. The summed E-state index contributed by atoms with van der Waals surface area (Å²) in [6, 6.07) is 8.21. The van der Waals surface area contributed by atoms with Gasteiger partial charge in [0.1, 0.15) is 12.6 Å². The summed E-state index contributed by atoms with van der Waals surface area (Å²) in [7, 11) is -3.92. The van der Waals surface area contributed by atoms with E-state index in [-0.39, 0.29) is 34.1 Å². The third-order valence-electron chi connectivity index (χ3n) is 5.24. The number of carbonyl (C=O) groups is 2. The van der Waals surface area contributed by atoms with Crippen molar-refractivity contribution < 1.29 is 18.0 Å². The summed E-state index contributed by atoms with van der Waals surface area (Å²) in [6.45, 7) is 5.50. The lowest BCUT2D eigenvalue weighted by molar-refractivity contribution is -0.140. The molecule has 2 amide bonds. The van der Waals surface area contributed by atoms with Crippen molar-refractivity contribution in [3.05, 3.63) is 62.1 Å². The van der Waals surface area contributed by atoms with Crippen LogP contribution >= 0.6 is 46.4 Å². The number of sulfonamides is 1. The first-order valence-electron chi connectivity index (χ1n) is 11.2. The quantitative estimate of drug-likeness (QED) is 0.363. The molecule has 0 aromatic heterocycles. The number of amides is 2. The topological polar surface area (TPSA) is 86.8 Å². The molecule has 0 bridgehead atoms. The van der Waals surface area contributed by atoms with Crippen molar-refractivity contribution in [3.8, 4) is 0 Å². The molecule has 0 aliphatic rings. The van der Waals surface area contributed by atoms with Crippen molar-refractivity contribution in [1.82, 2.24) is 10.2 Å². The van der Waals surface area contributed by atoms with E-state index in [9.17, 15) is 18.0 Å². The van der Waals surface area contributed by atoms with E-state index in [1.54, 1.807) is 19.1 Å². The van der Waals surface area contributed by atoms with Crippen LogP contribution in [0.25, 0.3) is 0 Å². The first-order chi connectivity index (χ1) is 16.7. The fraction of sp³-hybridized carbons (Fsp3) is 0.417. The zero-order valence-electron chi connectivity index (χ0n) is 20.4. The standard InChI is InChI=1S/C24H29Cl4N3O4S/c1-5-22(24(33)29-12-15(2)3)30(13-16-6-7-17(25)11-21(16)28)23(32)14-31(36(4,34)35)20-9-18(26)8-19(27)10-20/h6-11,15,22H,5,12-14H2,1-4H3,(H,29,33)/t22-/m1/s1. The molecular formula is C24H29Cl4N3O4S. The molecule has 0 radical (unpaired) electrons. The maximum Gasteiger partial charge on any atom is 0.244 e. The minimum Gasteiger partial charge on any atom is -0.354 e. The van der Waals surface area contributed by atoms with Gasteiger partial charge in [0.15, 0.2) is 0 Å². The second-order valence-electron chi connectivity index (χ2n) is 8.72. The highest BCUT2D eigenvalue weighted by atomic mass is 35.5. The van der Waals surface area contributed by atoms with Crippen molar-refractivity contribution in [3.63, 3.8) is 0 Å². The number of nitrogens with one attached hydrogen (secondary N) is 1. The Morgan fingerprint density at radius 3 is 2.08 bits per heavy atom. The molecule has 1 N–H and O–H groups in total. The predicted molar refractivity (Wildman–Crippen MR) is 148 cm³/mol. The van der Waals surface area contributed by atoms with Gasteiger partial charge in [-0.15, -0.1) is 0 Å². The Bertz CT molecular complexity index is 1190. The maximum atomic E-state index is 13.7. The van der Waals surface area contributed by atoms with Crippen molar-refractivity contribution in [2.45, 2.75) is 39.8 Å². The Balaban J connectivity index is 2.49. The molecule has 2 aromatic carbocycles. The Labute approximate surface area is 232 Å². The van der Waals surface area contributed by atoms with Crippen molar-refractivity contribution in [2.75, 3.05) is 23.7 Å². The molecule has 198 valence electrons. The average Bonchev–Trinajstić information content (AvgIpc) is 2.75. The number of carbonyl (C=O) groups excluding carboxylic acids is 2. The molecule has 0 heterocycles. The van der Waals surface area contributed by atoms with Gasteiger partial charge in [-0.05, 0) is 48.2 Å². The average molecular weight is 597 g/mol. The van der Waals surface area contributed by atoms with Crippen LogP contribution in [0.5, 0.6) is 0 Å². The highest BCUT2D eigenvalue weighted by molar-refractivity contribution is 7.92. The molecule has 12 heteroatoms. The van der Waals surface area contributed by atoms with E-state index in [1.807, 2.05) is 13.8 Å². The number of nitrogens with zero attached hydrogens (tertiary/aromatic N) is 2. The number of benzene rings is 2. The maximum absolute atomic E-state index is 13.7. The normalized spacial score (nSPS) is 12.4. The van der Waals surface area contributed by atoms with E-state index in [1.165, 1.54) is 29.2 Å². The number of rotatable bonds is 11. The minimum absolute atomic E-state index is 0.0314. The lowest BCUT2D eigenvalue weighted by Gasteiger charge is -2.33. The van der Waals surface area contributed by atoms with Crippen LogP contribution in [0, 0.1) is 5.92 Å². The van der Waals surface area contributed by atoms with E-state index in [0.29, 0.717) is 28.6 Å². The number of hydrogen-bond acceptors (Lipinski definition) is 4. The number of halogens is 4. The number of anilines is 1. The minimum atomic E-state index is -3.92. The Morgan fingerprint density at radius 2 is 1.58 bits per heavy atom. The van der Waals surface area contributed by atoms with E-state index < -0.39 is 28.5 Å². The summed E-state index contributed by atoms with van der Waals surface area (Å²) in [5.41, 5.74) is 0.686. The molecule has 1 atom stereocenters. The van der Waals surface area contributed by atoms with Crippen LogP contribution in [0.2, 0.25) is 20.1 Å². The second kappa shape index (κ2) is 13.2. The molecule has 0 fully saturated rings. The van der Waals surface area contributed by atoms with E-state index >= 15 is 0 Å². The molecule has 0 saturated heterocycles. The van der Waals surface area contributed by atoms with Gasteiger partial charge in [-0.1, -0.05) is 73.2 Å². The summed E-state index contributed by atoms with van der Waals surface area (Å²) in [5.74, 6) is -0.745. The monoisotopic (exact) mass is 595 g/mol. The SMILES string of the molecule is CC[C@H](C(=O)NCC(C)C)N(Cc1ccc(Cl)cc1Cl)C(=O)CN(c1cc(Cl)cc(Cl)c1)S(C)(=O)=O. The van der Waals surface area contributed by atoms with Crippen LogP contribution in [0.15, 0.2) is 36.4 Å². The predicted octanol–water partition coefficient (Wildman–Crippen LogP) is 5.65. The lowest BCUT2D eigenvalue weighted by atomic mass is 10.1. The Kier molecular flexibility index (Phi) is 11.2. The van der Waals surface area contributed by atoms with E-state index in [0.717, 1.165) is 10.6 Å². The van der Waals surface area contributed by atoms with Gasteiger partial charge < -0.3 is 10.2 Å². The Hall–Kier alpha value is -1.71. The van der Waals surface area contributed by atoms with Gasteiger partial charge in [0, 0.05) is 33.2 Å². The van der Waals surface area contributed by atoms with Crippen molar-refractivity contribution in [2.24, 2.45) is 5.92 Å². The van der Waals surface area contributed by atoms with Gasteiger partial charge in [0.2, 0.25) is 21.8 Å². The number of hydrogen-bond donors (Lipinski definition) is 1. The van der Waals surface area contributed by atoms with Crippen molar-refractivity contribution >= 4 is 73.9 Å². The largest absolute Gasteiger partial charge is 0.354 e.